The molecule has 1 atom stereocenters. The molecule has 1 aromatic rings. The summed E-state index contributed by atoms with van der Waals surface area (Å²) in [5.74, 6) is -3.68. The van der Waals surface area contributed by atoms with E-state index in [0.29, 0.717) is 12.1 Å². The third-order valence-corrected chi connectivity index (χ3v) is 2.93. The summed E-state index contributed by atoms with van der Waals surface area (Å²) in [6, 6.07) is 2.69. The third kappa shape index (κ3) is 4.76. The molecule has 0 aliphatic carbocycles. The van der Waals surface area contributed by atoms with Crippen molar-refractivity contribution in [1.82, 2.24) is 0 Å². The van der Waals surface area contributed by atoms with Crippen LogP contribution in [0.5, 0.6) is 0 Å². The minimum atomic E-state index is -4.94. The number of ketones is 1. The standard InChI is InChI=1S/C12H8F6O2S/c13-11(14,15)7-3-1-6(2-4-7)9(19)5-8(10(20)21)12(16,17)18/h1-4,8H,5H2,(H,20,21). The molecule has 2 nitrogen and oxygen atoms in total. The monoisotopic (exact) mass is 330 g/mol. The number of alkyl halides is 6. The van der Waals surface area contributed by atoms with Crippen LogP contribution in [-0.2, 0) is 11.0 Å². The first kappa shape index (κ1) is 17.5. The number of carbonyl (C=O) groups is 2. The fraction of sp³-hybridized carbons (Fsp3) is 0.333. The Labute approximate surface area is 120 Å². The average Bonchev–Trinajstić information content (AvgIpc) is 2.33. The fourth-order valence-corrected chi connectivity index (χ4v) is 1.73. The Morgan fingerprint density at radius 1 is 1.00 bits per heavy atom. The smallest absolute Gasteiger partial charge is 0.294 e. The van der Waals surface area contributed by atoms with Gasteiger partial charge in [-0.05, 0) is 12.1 Å². The van der Waals surface area contributed by atoms with Gasteiger partial charge in [0.25, 0.3) is 0 Å². The summed E-state index contributed by atoms with van der Waals surface area (Å²) in [4.78, 5) is 22.4. The van der Waals surface area contributed by atoms with Gasteiger partial charge in [0.05, 0.1) is 5.56 Å². The Morgan fingerprint density at radius 2 is 1.48 bits per heavy atom. The number of hydrogen-bond acceptors (Lipinski definition) is 2. The maximum absolute atomic E-state index is 12.5. The zero-order valence-electron chi connectivity index (χ0n) is 10.1. The first-order chi connectivity index (χ1) is 9.43. The second kappa shape index (κ2) is 6.08. The van der Waals surface area contributed by atoms with E-state index in [1.165, 1.54) is 0 Å². The quantitative estimate of drug-likeness (QED) is 0.516. The predicted molar refractivity (Wildman–Crippen MR) is 63.9 cm³/mol. The van der Waals surface area contributed by atoms with Crippen molar-refractivity contribution >= 4 is 23.5 Å². The Hall–Kier alpha value is -1.51. The van der Waals surface area contributed by atoms with Crippen LogP contribution < -0.4 is 0 Å². The van der Waals surface area contributed by atoms with Crippen molar-refractivity contribution in [3.05, 3.63) is 35.4 Å². The molecule has 0 saturated carbocycles. The summed E-state index contributed by atoms with van der Waals surface area (Å²) >= 11 is 3.07. The van der Waals surface area contributed by atoms with Crippen LogP contribution in [0.15, 0.2) is 24.3 Å². The van der Waals surface area contributed by atoms with E-state index in [1.54, 1.807) is 0 Å². The lowest BCUT2D eigenvalue weighted by Crippen LogP contribution is -2.30. The first-order valence-corrected chi connectivity index (χ1v) is 5.87. The molecule has 0 aliphatic heterocycles. The molecule has 9 heteroatoms. The van der Waals surface area contributed by atoms with E-state index in [-0.39, 0.29) is 5.56 Å². The van der Waals surface area contributed by atoms with E-state index in [1.807, 2.05) is 0 Å². The molecule has 21 heavy (non-hydrogen) atoms. The summed E-state index contributed by atoms with van der Waals surface area (Å²) in [5.41, 5.74) is -1.37. The molecule has 1 rings (SSSR count). The highest BCUT2D eigenvalue weighted by atomic mass is 32.1. The Bertz CT molecular complexity index is 532. The summed E-state index contributed by atoms with van der Waals surface area (Å²) in [6.07, 6.45) is -10.8. The summed E-state index contributed by atoms with van der Waals surface area (Å²) < 4.78 is 74.4. The Morgan fingerprint density at radius 3 is 1.81 bits per heavy atom. The van der Waals surface area contributed by atoms with E-state index in [2.05, 4.69) is 12.6 Å². The molecule has 0 radical (unpaired) electrons. The van der Waals surface area contributed by atoms with Crippen molar-refractivity contribution in [2.75, 3.05) is 0 Å². The van der Waals surface area contributed by atoms with E-state index >= 15 is 0 Å². The highest BCUT2D eigenvalue weighted by molar-refractivity contribution is 7.96. The van der Waals surface area contributed by atoms with Crippen LogP contribution in [0.4, 0.5) is 26.3 Å². The molecular formula is C12H8F6O2S. The van der Waals surface area contributed by atoms with E-state index in [9.17, 15) is 35.9 Å². The number of benzene rings is 1. The van der Waals surface area contributed by atoms with Crippen molar-refractivity contribution in [2.45, 2.75) is 18.8 Å². The largest absolute Gasteiger partial charge is 0.416 e. The Balaban J connectivity index is 2.92. The maximum atomic E-state index is 12.5. The minimum absolute atomic E-state index is 0.341. The van der Waals surface area contributed by atoms with Crippen molar-refractivity contribution < 1.29 is 35.9 Å². The molecule has 1 unspecified atom stereocenters. The van der Waals surface area contributed by atoms with E-state index in [4.69, 9.17) is 0 Å². The number of halogens is 6. The summed E-state index contributed by atoms with van der Waals surface area (Å²) in [6.45, 7) is 0. The van der Waals surface area contributed by atoms with Crippen LogP contribution in [0.1, 0.15) is 22.3 Å². The van der Waals surface area contributed by atoms with Crippen LogP contribution in [-0.4, -0.2) is 17.1 Å². The molecule has 0 aliphatic rings. The minimum Gasteiger partial charge on any atom is -0.294 e. The fourth-order valence-electron chi connectivity index (χ4n) is 1.49. The van der Waals surface area contributed by atoms with Gasteiger partial charge in [-0.3, -0.25) is 9.59 Å². The SMILES string of the molecule is O=C(CC(C(=O)S)C(F)(F)F)c1ccc(C(F)(F)F)cc1. The molecule has 0 N–H and O–H groups in total. The van der Waals surface area contributed by atoms with Crippen LogP contribution in [0.2, 0.25) is 0 Å². The average molecular weight is 330 g/mol. The van der Waals surface area contributed by atoms with Crippen molar-refractivity contribution in [2.24, 2.45) is 5.92 Å². The summed E-state index contributed by atoms with van der Waals surface area (Å²) in [7, 11) is 0. The van der Waals surface area contributed by atoms with Gasteiger partial charge >= 0.3 is 12.4 Å². The number of Topliss-reactive ketones (excluding diaryl/α,β-unsaturated/α-hetero) is 1. The molecule has 0 fully saturated rings. The molecular weight excluding hydrogens is 322 g/mol. The number of hydrogen-bond donors (Lipinski definition) is 1. The van der Waals surface area contributed by atoms with Gasteiger partial charge in [0, 0.05) is 12.0 Å². The molecule has 0 amide bonds. The van der Waals surface area contributed by atoms with Crippen LogP contribution in [0, 0.1) is 5.92 Å². The first-order valence-electron chi connectivity index (χ1n) is 5.43. The Kier molecular flexibility index (Phi) is 5.08. The second-order valence-electron chi connectivity index (χ2n) is 4.13. The zero-order chi connectivity index (χ0) is 16.4. The molecule has 0 bridgehead atoms. The van der Waals surface area contributed by atoms with Crippen molar-refractivity contribution in [3.63, 3.8) is 0 Å². The van der Waals surface area contributed by atoms with Gasteiger partial charge in [0.15, 0.2) is 10.9 Å². The topological polar surface area (TPSA) is 34.1 Å². The number of carbonyl (C=O) groups excluding carboxylic acids is 2. The lowest BCUT2D eigenvalue weighted by atomic mass is 9.98. The molecule has 0 aromatic heterocycles. The van der Waals surface area contributed by atoms with Crippen molar-refractivity contribution in [3.8, 4) is 0 Å². The number of rotatable bonds is 4. The zero-order valence-corrected chi connectivity index (χ0v) is 11.0. The normalized spacial score (nSPS) is 13.9. The number of thiol groups is 1. The second-order valence-corrected chi connectivity index (χ2v) is 4.58. The predicted octanol–water partition coefficient (Wildman–Crippen LogP) is 3.91. The molecule has 1 aromatic carbocycles. The van der Waals surface area contributed by atoms with Gasteiger partial charge in [0.1, 0.15) is 5.92 Å². The molecule has 0 spiro atoms. The van der Waals surface area contributed by atoms with Crippen LogP contribution in [0.25, 0.3) is 0 Å². The third-order valence-electron chi connectivity index (χ3n) is 2.62. The maximum Gasteiger partial charge on any atom is 0.416 e. The highest BCUT2D eigenvalue weighted by Crippen LogP contribution is 2.32. The van der Waals surface area contributed by atoms with Crippen LogP contribution >= 0.6 is 12.6 Å². The van der Waals surface area contributed by atoms with Gasteiger partial charge in [-0.2, -0.15) is 26.3 Å². The van der Waals surface area contributed by atoms with E-state index < -0.39 is 41.2 Å². The lowest BCUT2D eigenvalue weighted by molar-refractivity contribution is -0.175. The van der Waals surface area contributed by atoms with Gasteiger partial charge in [0.2, 0.25) is 0 Å². The summed E-state index contributed by atoms with van der Waals surface area (Å²) in [5, 5.41) is -1.53. The van der Waals surface area contributed by atoms with Crippen molar-refractivity contribution in [1.29, 1.82) is 0 Å². The van der Waals surface area contributed by atoms with Gasteiger partial charge < -0.3 is 0 Å². The van der Waals surface area contributed by atoms with Gasteiger partial charge in [-0.25, -0.2) is 0 Å². The lowest BCUT2D eigenvalue weighted by Gasteiger charge is -2.16. The molecule has 0 heterocycles. The van der Waals surface area contributed by atoms with E-state index in [0.717, 1.165) is 12.1 Å². The highest BCUT2D eigenvalue weighted by Gasteiger charge is 2.44. The van der Waals surface area contributed by atoms with Gasteiger partial charge in [-0.15, -0.1) is 12.6 Å². The molecule has 116 valence electrons. The van der Waals surface area contributed by atoms with Crippen LogP contribution in [0.3, 0.4) is 0 Å². The molecule has 0 saturated heterocycles. The van der Waals surface area contributed by atoms with Gasteiger partial charge in [-0.1, -0.05) is 12.1 Å².